The van der Waals surface area contributed by atoms with Gasteiger partial charge in [0.05, 0.1) is 5.60 Å². The first-order valence-corrected chi connectivity index (χ1v) is 7.49. The maximum atomic E-state index is 10.2. The third kappa shape index (κ3) is 3.66. The summed E-state index contributed by atoms with van der Waals surface area (Å²) in [4.78, 5) is 11.3. The van der Waals surface area contributed by atoms with Crippen molar-refractivity contribution in [2.24, 2.45) is 0 Å². The van der Waals surface area contributed by atoms with Crippen molar-refractivity contribution in [3.05, 3.63) is 16.5 Å². The predicted octanol–water partition coefficient (Wildman–Crippen LogP) is 2.89. The van der Waals surface area contributed by atoms with Crippen LogP contribution >= 0.6 is 15.9 Å². The van der Waals surface area contributed by atoms with Crippen LogP contribution in [-0.4, -0.2) is 33.8 Å². The number of aliphatic hydroxyl groups is 1. The Bertz CT molecular complexity index is 468. The number of halogens is 1. The van der Waals surface area contributed by atoms with Gasteiger partial charge in [-0.3, -0.25) is 0 Å². The van der Waals surface area contributed by atoms with Crippen LogP contribution in [0.25, 0.3) is 0 Å². The topological polar surface area (TPSA) is 49.2 Å². The lowest BCUT2D eigenvalue weighted by Crippen LogP contribution is -2.46. The highest BCUT2D eigenvalue weighted by atomic mass is 79.9. The fourth-order valence-corrected chi connectivity index (χ4v) is 2.69. The smallest absolute Gasteiger partial charge is 0.137 e. The zero-order valence-corrected chi connectivity index (χ0v) is 13.7. The minimum Gasteiger partial charge on any atom is -0.388 e. The standard InChI is InChI=1S/C14H22BrN3O/c1-13(2,3)12-16-10(15)8-11(17-12)18-7-5-6-14(4,19)9-18/h8,19H,5-7,9H2,1-4H3. The van der Waals surface area contributed by atoms with Crippen LogP contribution in [0.1, 0.15) is 46.4 Å². The molecule has 1 aromatic rings. The summed E-state index contributed by atoms with van der Waals surface area (Å²) in [7, 11) is 0. The Morgan fingerprint density at radius 1 is 1.37 bits per heavy atom. The van der Waals surface area contributed by atoms with Crippen molar-refractivity contribution in [1.82, 2.24) is 9.97 Å². The van der Waals surface area contributed by atoms with Crippen LogP contribution in [0.2, 0.25) is 0 Å². The predicted molar refractivity (Wildman–Crippen MR) is 80.5 cm³/mol. The second-order valence-corrected chi connectivity index (χ2v) is 7.46. The molecule has 0 spiro atoms. The fourth-order valence-electron chi connectivity index (χ4n) is 2.32. The van der Waals surface area contributed by atoms with Gasteiger partial charge in [-0.1, -0.05) is 20.8 Å². The molecule has 1 aromatic heterocycles. The Hall–Kier alpha value is -0.680. The van der Waals surface area contributed by atoms with Crippen LogP contribution in [0.15, 0.2) is 10.7 Å². The van der Waals surface area contributed by atoms with Gasteiger partial charge >= 0.3 is 0 Å². The molecular formula is C14H22BrN3O. The van der Waals surface area contributed by atoms with E-state index in [0.717, 1.165) is 35.6 Å². The van der Waals surface area contributed by atoms with E-state index >= 15 is 0 Å². The second-order valence-electron chi connectivity index (χ2n) is 6.64. The van der Waals surface area contributed by atoms with Crippen LogP contribution in [0.4, 0.5) is 5.82 Å². The zero-order valence-electron chi connectivity index (χ0n) is 12.1. The molecule has 0 radical (unpaired) electrons. The number of β-amino-alcohol motifs (C(OH)–C–C–N with tert-alkyl or cyclic N) is 1. The van der Waals surface area contributed by atoms with E-state index in [4.69, 9.17) is 0 Å². The summed E-state index contributed by atoms with van der Waals surface area (Å²) in [5.74, 6) is 1.72. The van der Waals surface area contributed by atoms with Gasteiger partial charge in [-0.25, -0.2) is 9.97 Å². The minimum absolute atomic E-state index is 0.0865. The highest BCUT2D eigenvalue weighted by Gasteiger charge is 2.30. The Kier molecular flexibility index (Phi) is 3.89. The molecule has 1 atom stereocenters. The number of rotatable bonds is 1. The summed E-state index contributed by atoms with van der Waals surface area (Å²) in [5.41, 5.74) is -0.714. The van der Waals surface area contributed by atoms with Crippen molar-refractivity contribution < 1.29 is 5.11 Å². The number of aromatic nitrogens is 2. The quantitative estimate of drug-likeness (QED) is 0.806. The van der Waals surface area contributed by atoms with E-state index in [9.17, 15) is 5.11 Å². The molecule has 0 bridgehead atoms. The van der Waals surface area contributed by atoms with E-state index in [1.807, 2.05) is 13.0 Å². The number of nitrogens with zero attached hydrogens (tertiary/aromatic N) is 3. The van der Waals surface area contributed by atoms with Crippen LogP contribution in [0.5, 0.6) is 0 Å². The molecule has 1 fully saturated rings. The molecule has 0 aliphatic carbocycles. The molecule has 106 valence electrons. The van der Waals surface area contributed by atoms with Gasteiger partial charge in [0.15, 0.2) is 0 Å². The van der Waals surface area contributed by atoms with E-state index in [0.29, 0.717) is 6.54 Å². The van der Waals surface area contributed by atoms with Crippen molar-refractivity contribution in [2.75, 3.05) is 18.0 Å². The van der Waals surface area contributed by atoms with Crippen LogP contribution in [0, 0.1) is 0 Å². The lowest BCUT2D eigenvalue weighted by Gasteiger charge is -2.37. The first-order valence-electron chi connectivity index (χ1n) is 6.70. The fraction of sp³-hybridized carbons (Fsp3) is 0.714. The SMILES string of the molecule is CC1(O)CCCN(c2cc(Br)nc(C(C)(C)C)n2)C1. The summed E-state index contributed by atoms with van der Waals surface area (Å²) in [6.07, 6.45) is 1.83. The molecule has 2 heterocycles. The van der Waals surface area contributed by atoms with E-state index in [1.165, 1.54) is 0 Å². The Balaban J connectivity index is 2.32. The maximum absolute atomic E-state index is 10.2. The molecule has 2 rings (SSSR count). The lowest BCUT2D eigenvalue weighted by atomic mass is 9.94. The van der Waals surface area contributed by atoms with E-state index in [1.54, 1.807) is 0 Å². The first-order chi connectivity index (χ1) is 8.67. The highest BCUT2D eigenvalue weighted by Crippen LogP contribution is 2.28. The molecule has 4 nitrogen and oxygen atoms in total. The van der Waals surface area contributed by atoms with Gasteiger partial charge < -0.3 is 10.0 Å². The Morgan fingerprint density at radius 3 is 2.63 bits per heavy atom. The normalized spacial score (nSPS) is 24.6. The zero-order chi connectivity index (χ0) is 14.3. The van der Waals surface area contributed by atoms with Gasteiger partial charge in [-0.15, -0.1) is 0 Å². The summed E-state index contributed by atoms with van der Waals surface area (Å²) in [6.45, 7) is 9.75. The largest absolute Gasteiger partial charge is 0.388 e. The third-order valence-electron chi connectivity index (χ3n) is 3.35. The van der Waals surface area contributed by atoms with E-state index in [2.05, 4.69) is 51.6 Å². The minimum atomic E-state index is -0.627. The summed E-state index contributed by atoms with van der Waals surface area (Å²) < 4.78 is 0.799. The van der Waals surface area contributed by atoms with Crippen molar-refractivity contribution in [3.63, 3.8) is 0 Å². The maximum Gasteiger partial charge on any atom is 0.137 e. The van der Waals surface area contributed by atoms with Crippen molar-refractivity contribution in [3.8, 4) is 0 Å². The first kappa shape index (κ1) is 14.7. The monoisotopic (exact) mass is 327 g/mol. The number of hydrogen-bond acceptors (Lipinski definition) is 4. The summed E-state index contributed by atoms with van der Waals surface area (Å²) in [5, 5.41) is 10.2. The highest BCUT2D eigenvalue weighted by molar-refractivity contribution is 9.10. The molecule has 1 aliphatic heterocycles. The van der Waals surface area contributed by atoms with Crippen LogP contribution < -0.4 is 4.90 Å². The van der Waals surface area contributed by atoms with E-state index < -0.39 is 5.60 Å². The third-order valence-corrected chi connectivity index (χ3v) is 3.76. The van der Waals surface area contributed by atoms with Crippen LogP contribution in [0.3, 0.4) is 0 Å². The second kappa shape index (κ2) is 5.02. The van der Waals surface area contributed by atoms with Crippen molar-refractivity contribution >= 4 is 21.7 Å². The number of piperidine rings is 1. The average Bonchev–Trinajstić information content (AvgIpc) is 2.25. The van der Waals surface area contributed by atoms with Gasteiger partial charge in [0.25, 0.3) is 0 Å². The average molecular weight is 328 g/mol. The molecule has 1 saturated heterocycles. The summed E-state index contributed by atoms with van der Waals surface area (Å²) in [6, 6.07) is 1.93. The molecule has 0 aromatic carbocycles. The molecule has 1 aliphatic rings. The Morgan fingerprint density at radius 2 is 2.05 bits per heavy atom. The molecule has 1 unspecified atom stereocenters. The number of hydrogen-bond donors (Lipinski definition) is 1. The van der Waals surface area contributed by atoms with Gasteiger partial charge in [-0.2, -0.15) is 0 Å². The van der Waals surface area contributed by atoms with Gasteiger partial charge in [0, 0.05) is 24.6 Å². The molecule has 19 heavy (non-hydrogen) atoms. The van der Waals surface area contributed by atoms with Gasteiger partial charge in [0.2, 0.25) is 0 Å². The molecule has 0 amide bonds. The Labute approximate surface area is 123 Å². The summed E-state index contributed by atoms with van der Waals surface area (Å²) >= 11 is 3.46. The van der Waals surface area contributed by atoms with Crippen molar-refractivity contribution in [2.45, 2.75) is 51.6 Å². The van der Waals surface area contributed by atoms with Gasteiger partial charge in [0.1, 0.15) is 16.2 Å². The number of anilines is 1. The van der Waals surface area contributed by atoms with Gasteiger partial charge in [-0.05, 0) is 35.7 Å². The van der Waals surface area contributed by atoms with Crippen LogP contribution in [-0.2, 0) is 5.41 Å². The van der Waals surface area contributed by atoms with E-state index in [-0.39, 0.29) is 5.41 Å². The molecule has 1 N–H and O–H groups in total. The molecule has 5 heteroatoms. The molecule has 0 saturated carbocycles. The lowest BCUT2D eigenvalue weighted by molar-refractivity contribution is 0.0447. The molecular weight excluding hydrogens is 306 g/mol. The van der Waals surface area contributed by atoms with Crippen molar-refractivity contribution in [1.29, 1.82) is 0 Å².